The Labute approximate surface area is 222 Å². The molecule has 1 unspecified atom stereocenters. The maximum Gasteiger partial charge on any atom is 0.260 e. The first-order valence-corrected chi connectivity index (χ1v) is 12.4. The normalized spacial score (nSPS) is 18.1. The van der Waals surface area contributed by atoms with Gasteiger partial charge in [-0.3, -0.25) is 24.0 Å². The number of ether oxygens (including phenoxy) is 1. The number of pyridine rings is 1. The fourth-order valence-electron chi connectivity index (χ4n) is 6.13. The molecule has 4 aliphatic carbocycles. The van der Waals surface area contributed by atoms with Crippen LogP contribution < -0.4 is 42.4 Å². The summed E-state index contributed by atoms with van der Waals surface area (Å²) >= 11 is 0. The molecule has 0 bridgehead atoms. The van der Waals surface area contributed by atoms with Crippen molar-refractivity contribution in [1.82, 2.24) is 4.98 Å². The highest BCUT2D eigenvalue weighted by molar-refractivity contribution is 5.94. The second-order valence-corrected chi connectivity index (χ2v) is 9.83. The van der Waals surface area contributed by atoms with E-state index in [1.54, 1.807) is 30.4 Å². The largest absolute Gasteiger partial charge is 0.510 e. The number of aliphatic hydroxyl groups excluding tert-OH is 2. The predicted octanol–water partition coefficient (Wildman–Crippen LogP) is 0.103. The first-order valence-electron chi connectivity index (χ1n) is 12.4. The molecule has 0 aliphatic heterocycles. The fraction of sp³-hybridized carbons (Fsp3) is 0.167. The molecule has 0 fully saturated rings. The maximum atomic E-state index is 13.6. The molecule has 0 saturated heterocycles. The van der Waals surface area contributed by atoms with Crippen molar-refractivity contribution in [3.8, 4) is 11.5 Å². The van der Waals surface area contributed by atoms with Crippen molar-refractivity contribution in [2.75, 3.05) is 7.11 Å². The average molecular weight is 539 g/mol. The number of rotatable bonds is 3. The molecular formula is C30H21NO9. The number of aliphatic hydroxyl groups is 2. The van der Waals surface area contributed by atoms with Crippen LogP contribution in [0.4, 0.5) is 0 Å². The van der Waals surface area contributed by atoms with Gasteiger partial charge in [0.05, 0.1) is 33.4 Å². The molecule has 1 spiro atoms. The molecule has 0 amide bonds. The molecule has 4 aliphatic rings. The number of aromatic amines is 1. The lowest BCUT2D eigenvalue weighted by Crippen LogP contribution is -2.51. The summed E-state index contributed by atoms with van der Waals surface area (Å²) in [5.41, 5.74) is -5.79. The van der Waals surface area contributed by atoms with Gasteiger partial charge in [-0.25, -0.2) is 0 Å². The Morgan fingerprint density at radius 1 is 0.875 bits per heavy atom. The quantitative estimate of drug-likeness (QED) is 0.264. The Morgan fingerprint density at radius 3 is 2.20 bits per heavy atom. The molecule has 10 heteroatoms. The van der Waals surface area contributed by atoms with Crippen molar-refractivity contribution in [2.45, 2.75) is 25.2 Å². The van der Waals surface area contributed by atoms with Gasteiger partial charge in [-0.2, -0.15) is 0 Å². The van der Waals surface area contributed by atoms with Gasteiger partial charge in [0.1, 0.15) is 22.7 Å². The van der Waals surface area contributed by atoms with Gasteiger partial charge in [0.25, 0.3) is 5.56 Å². The topological polar surface area (TPSA) is 171 Å². The molecule has 1 atom stereocenters. The second kappa shape index (κ2) is 8.37. The van der Waals surface area contributed by atoms with Crippen LogP contribution in [-0.4, -0.2) is 27.4 Å². The van der Waals surface area contributed by atoms with Gasteiger partial charge < -0.3 is 25.0 Å². The molecule has 2 aromatic rings. The van der Waals surface area contributed by atoms with Crippen LogP contribution in [0.15, 0.2) is 60.4 Å². The Balaban J connectivity index is 1.75. The molecular weight excluding hydrogens is 518 g/mol. The summed E-state index contributed by atoms with van der Waals surface area (Å²) in [4.78, 5) is 68.4. The first-order chi connectivity index (χ1) is 19.1. The summed E-state index contributed by atoms with van der Waals surface area (Å²) in [5.74, 6) is -2.44. The zero-order valence-corrected chi connectivity index (χ0v) is 21.2. The van der Waals surface area contributed by atoms with E-state index in [0.717, 1.165) is 13.2 Å². The van der Waals surface area contributed by atoms with E-state index in [4.69, 9.17) is 4.74 Å². The number of phenols is 1. The number of H-pyrrole nitrogens is 1. The van der Waals surface area contributed by atoms with Crippen LogP contribution in [0, 0.1) is 10.4 Å². The lowest BCUT2D eigenvalue weighted by Gasteiger charge is -2.27. The minimum Gasteiger partial charge on any atom is -0.510 e. The second-order valence-electron chi connectivity index (χ2n) is 9.83. The summed E-state index contributed by atoms with van der Waals surface area (Å²) in [6.07, 6.45) is 7.15. The van der Waals surface area contributed by atoms with Gasteiger partial charge >= 0.3 is 0 Å². The zero-order chi connectivity index (χ0) is 28.7. The highest BCUT2D eigenvalue weighted by atomic mass is 16.5. The van der Waals surface area contributed by atoms with E-state index in [-0.39, 0.29) is 23.8 Å². The molecule has 6 rings (SSSR count). The molecule has 200 valence electrons. The summed E-state index contributed by atoms with van der Waals surface area (Å²) < 4.78 is 4.89. The van der Waals surface area contributed by atoms with E-state index >= 15 is 0 Å². The number of aromatic nitrogens is 1. The lowest BCUT2D eigenvalue weighted by molar-refractivity contribution is 0.362. The van der Waals surface area contributed by atoms with Crippen molar-refractivity contribution in [1.29, 1.82) is 0 Å². The van der Waals surface area contributed by atoms with Gasteiger partial charge in [0.15, 0.2) is 11.2 Å². The Hall–Kier alpha value is -5.25. The smallest absolute Gasteiger partial charge is 0.260 e. The van der Waals surface area contributed by atoms with Gasteiger partial charge in [0, 0.05) is 17.3 Å². The van der Waals surface area contributed by atoms with E-state index in [1.165, 1.54) is 0 Å². The molecule has 4 N–H and O–H groups in total. The van der Waals surface area contributed by atoms with Gasteiger partial charge in [-0.15, -0.1) is 0 Å². The first kappa shape index (κ1) is 25.1. The maximum absolute atomic E-state index is 13.6. The van der Waals surface area contributed by atoms with Gasteiger partial charge in [-0.1, -0.05) is 24.3 Å². The minimum atomic E-state index is -1.93. The van der Waals surface area contributed by atoms with E-state index in [2.05, 4.69) is 4.98 Å². The van der Waals surface area contributed by atoms with Crippen molar-refractivity contribution < 1.29 is 20.1 Å². The van der Waals surface area contributed by atoms with Crippen molar-refractivity contribution in [3.63, 3.8) is 0 Å². The fourth-order valence-corrected chi connectivity index (χ4v) is 6.13. The standard InChI is InChI=1S/C30H21NO9/c1-3-4-5-6-14-10-13-9-12-7-8-30(22(12)26(36)17(13)29(39)31-14)27(37)20-21(28(30)38)25(35)19-18(24(20)34)15(32)11-16(40-2)23(19)33/h3-6,9-11,36-38H,7-8H2,1-2H3,(H,31,39)/b4-3+,6-5+. The number of methoxy groups -OCH3 is 1. The molecule has 1 aromatic carbocycles. The highest BCUT2D eigenvalue weighted by Gasteiger charge is 2.53. The van der Waals surface area contributed by atoms with Crippen molar-refractivity contribution >= 4 is 28.4 Å². The van der Waals surface area contributed by atoms with Gasteiger partial charge in [0.2, 0.25) is 16.3 Å². The van der Waals surface area contributed by atoms with Crippen LogP contribution >= 0.6 is 0 Å². The zero-order valence-electron chi connectivity index (χ0n) is 21.2. The third kappa shape index (κ3) is 2.95. The summed E-state index contributed by atoms with van der Waals surface area (Å²) in [7, 11) is 1.13. The van der Waals surface area contributed by atoms with Crippen LogP contribution in [0.2, 0.25) is 0 Å². The van der Waals surface area contributed by atoms with E-state index in [0.29, 0.717) is 16.6 Å². The molecule has 1 aromatic heterocycles. The molecule has 1 heterocycles. The Morgan fingerprint density at radius 2 is 1.55 bits per heavy atom. The summed E-state index contributed by atoms with van der Waals surface area (Å²) in [6, 6.07) is 4.10. The number of hydrogen-bond acceptors (Lipinski definition) is 9. The van der Waals surface area contributed by atoms with E-state index in [9.17, 15) is 39.3 Å². The third-order valence-electron chi connectivity index (χ3n) is 7.85. The molecule has 40 heavy (non-hydrogen) atoms. The predicted molar refractivity (Wildman–Crippen MR) is 147 cm³/mol. The van der Waals surface area contributed by atoms with Crippen molar-refractivity contribution in [2.24, 2.45) is 0 Å². The lowest BCUT2D eigenvalue weighted by atomic mass is 9.78. The third-order valence-corrected chi connectivity index (χ3v) is 7.85. The van der Waals surface area contributed by atoms with E-state index in [1.807, 2.05) is 13.0 Å². The molecule has 0 radical (unpaired) electrons. The summed E-state index contributed by atoms with van der Waals surface area (Å²) in [5, 5.41) is 32.0. The Bertz CT molecular complexity index is 2360. The Kier molecular flexibility index (Phi) is 5.24. The van der Waals surface area contributed by atoms with Crippen molar-refractivity contribution in [3.05, 3.63) is 125 Å². The number of aromatic hydroxyl groups is 1. The molecule has 10 nitrogen and oxygen atoms in total. The van der Waals surface area contributed by atoms with Gasteiger partial charge in [-0.05, 0) is 42.9 Å². The highest BCUT2D eigenvalue weighted by Crippen LogP contribution is 2.54. The van der Waals surface area contributed by atoms with E-state index < -0.39 is 76.6 Å². The number of phenolic OH excluding ortho intramolecular Hbond substituents is 1. The number of nitrogens with one attached hydrogen (secondary N) is 1. The monoisotopic (exact) mass is 539 g/mol. The average Bonchev–Trinajstić information content (AvgIpc) is 3.40. The number of hydrogen-bond donors (Lipinski definition) is 4. The van der Waals surface area contributed by atoms with Crippen LogP contribution in [0.5, 0.6) is 11.5 Å². The molecule has 0 saturated carbocycles. The van der Waals surface area contributed by atoms with Crippen LogP contribution in [0.1, 0.15) is 30.2 Å². The van der Waals surface area contributed by atoms with Crippen LogP contribution in [0.25, 0.3) is 28.4 Å². The van der Waals surface area contributed by atoms with Crippen LogP contribution in [0.3, 0.4) is 0 Å². The SMILES string of the molecule is C/C=C/C=C/c1cc2cc3c(c(O)c2c(=O)[nH]1)C1(CC3)C(O)=c2c(=O)c3c(=O)cc(OC)c(=O)c=3c(=O)c2=C1O. The number of fused-ring (bicyclic) bond motifs is 4. The number of allylic oxidation sites excluding steroid dienone is 3. The summed E-state index contributed by atoms with van der Waals surface area (Å²) in [6.45, 7) is 1.84. The minimum absolute atomic E-state index is 0.0287. The number of benzene rings is 1. The van der Waals surface area contributed by atoms with Crippen LogP contribution in [-0.2, 0) is 11.8 Å². The number of aryl methyl sites for hydroxylation is 1.